The van der Waals surface area contributed by atoms with Gasteiger partial charge in [-0.15, -0.1) is 6.42 Å². The summed E-state index contributed by atoms with van der Waals surface area (Å²) in [6, 6.07) is 7.58. The zero-order valence-corrected chi connectivity index (χ0v) is 33.4. The van der Waals surface area contributed by atoms with E-state index in [1.165, 1.54) is 33.1 Å². The number of aldehydes is 1. The van der Waals surface area contributed by atoms with Gasteiger partial charge < -0.3 is 29.2 Å². The van der Waals surface area contributed by atoms with Gasteiger partial charge in [0, 0.05) is 61.3 Å². The Bertz CT molecular complexity index is 2020. The number of fused-ring (bicyclic) bond motifs is 5. The van der Waals surface area contributed by atoms with Gasteiger partial charge >= 0.3 is 6.01 Å². The monoisotopic (exact) mass is 790 g/mol. The van der Waals surface area contributed by atoms with Crippen LogP contribution in [0.4, 0.5) is 19.0 Å². The van der Waals surface area contributed by atoms with Crippen LogP contribution in [0.15, 0.2) is 30.5 Å². The van der Waals surface area contributed by atoms with Crippen molar-refractivity contribution >= 4 is 40.3 Å². The number of aromatic nitrogens is 3. The number of nitrogens with zero attached hydrogens (tertiary/aromatic N) is 5. The number of carbonyl (C=O) groups excluding carboxylic acids is 2. The second-order valence-corrected chi connectivity index (χ2v) is 14.7. The predicted octanol–water partition coefficient (Wildman–Crippen LogP) is 7.06. The molecule has 1 N–H and O–H groups in total. The number of benzene rings is 2. The molecule has 2 aromatic heterocycles. The molecule has 4 aliphatic rings. The van der Waals surface area contributed by atoms with E-state index in [1.54, 1.807) is 31.3 Å². The highest BCUT2D eigenvalue weighted by Gasteiger charge is 2.35. The van der Waals surface area contributed by atoms with Crippen LogP contribution in [0, 0.1) is 29.9 Å². The first-order valence-corrected chi connectivity index (χ1v) is 19.6. The van der Waals surface area contributed by atoms with Gasteiger partial charge in [0.2, 0.25) is 0 Å². The fourth-order valence-electron chi connectivity index (χ4n) is 7.80. The lowest BCUT2D eigenvalue weighted by Crippen LogP contribution is -2.51. The molecule has 8 rings (SSSR count). The van der Waals surface area contributed by atoms with Gasteiger partial charge in [-0.2, -0.15) is 9.97 Å². The van der Waals surface area contributed by atoms with E-state index in [0.29, 0.717) is 77.0 Å². The Morgan fingerprint density at radius 2 is 1.81 bits per heavy atom. The number of carbonyl (C=O) groups is 2. The van der Waals surface area contributed by atoms with Crippen molar-refractivity contribution < 1.29 is 37.0 Å². The zero-order chi connectivity index (χ0) is 41.1. The molecule has 0 saturated carbocycles. The average molecular weight is 791 g/mol. The van der Waals surface area contributed by atoms with Crippen LogP contribution in [0.25, 0.3) is 32.9 Å². The maximum atomic E-state index is 16.3. The van der Waals surface area contributed by atoms with Crippen LogP contribution in [-0.4, -0.2) is 104 Å². The quantitative estimate of drug-likeness (QED) is 0.139. The van der Waals surface area contributed by atoms with Gasteiger partial charge in [0.1, 0.15) is 41.1 Å². The molecule has 6 heterocycles. The van der Waals surface area contributed by atoms with E-state index >= 15 is 4.39 Å². The fraction of sp³-hybridized carbons (Fsp3) is 0.512. The standard InChI is InChI=1S/C27H23F2N5O2.C7H12FN.C6H12O.C3H6O2/c1-4-18-21(28)8-5-14-9-17(35-2)10-19(22(14)18)24-23(29)25-20(11-30-24)26(33-27(32-25)36-3)34-12-15-6-7-16(13-34)31-15;8-6-4-7-2-1-3-9(7)5-6;1-3-6(2)4-5-7;1-2-5-3-4/h1,5,8-11,15-16,31H,6-7,12-13H2,2-3H3;6-7H,1-5H2;5-6H,3-4H2,1-2H3;3H,2H2,1H3/t;6-,7?;;/m.1../s1. The number of ether oxygens (including phenoxy) is 3. The Morgan fingerprint density at radius 3 is 2.39 bits per heavy atom. The third-order valence-corrected chi connectivity index (χ3v) is 10.9. The average Bonchev–Trinajstić information content (AvgIpc) is 3.92. The lowest BCUT2D eigenvalue weighted by molar-refractivity contribution is -0.128. The summed E-state index contributed by atoms with van der Waals surface area (Å²) in [4.78, 5) is 36.8. The molecule has 4 aliphatic heterocycles. The van der Waals surface area contributed by atoms with Crippen LogP contribution in [0.2, 0.25) is 0 Å². The molecular formula is C43H53F3N6O5. The number of hydrogen-bond donors (Lipinski definition) is 1. The molecule has 0 aliphatic carbocycles. The first-order chi connectivity index (χ1) is 27.6. The number of anilines is 1. The Labute approximate surface area is 332 Å². The van der Waals surface area contributed by atoms with Gasteiger partial charge in [-0.25, -0.2) is 13.2 Å². The SMILES string of the molecule is C#Cc1c(F)ccc2cc(OC)cc(-c3ncc4c(N5CC6CCC(C5)N6)nc(OC)nc4c3F)c12.CCC(C)CC=O.CCOC=O.F[C@@H]1CC2CCCN2C1. The summed E-state index contributed by atoms with van der Waals surface area (Å²) in [5, 5.41) is 5.05. The topological polar surface area (TPSA) is 119 Å². The first-order valence-electron chi connectivity index (χ1n) is 19.6. The van der Waals surface area contributed by atoms with Crippen molar-refractivity contribution in [2.24, 2.45) is 5.92 Å². The number of rotatable bonds is 9. The van der Waals surface area contributed by atoms with E-state index in [9.17, 15) is 18.4 Å². The minimum Gasteiger partial charge on any atom is -0.497 e. The molecule has 0 radical (unpaired) electrons. The third-order valence-electron chi connectivity index (χ3n) is 10.9. The number of alkyl halides is 1. The summed E-state index contributed by atoms with van der Waals surface area (Å²) in [6.45, 7) is 10.2. The van der Waals surface area contributed by atoms with Crippen molar-refractivity contribution in [3.63, 3.8) is 0 Å². The Hall–Kier alpha value is -5.00. The molecule has 4 unspecified atom stereocenters. The number of hydrogen-bond acceptors (Lipinski definition) is 11. The van der Waals surface area contributed by atoms with E-state index in [2.05, 4.69) is 54.6 Å². The minimum atomic E-state index is -0.672. The lowest BCUT2D eigenvalue weighted by Gasteiger charge is -2.34. The molecule has 11 nitrogen and oxygen atoms in total. The van der Waals surface area contributed by atoms with Crippen molar-refractivity contribution in [3.8, 4) is 35.4 Å². The molecule has 306 valence electrons. The molecule has 0 spiro atoms. The van der Waals surface area contributed by atoms with Gasteiger partial charge in [0.05, 0.1) is 31.8 Å². The number of piperazine rings is 1. The summed E-state index contributed by atoms with van der Waals surface area (Å²) in [6.07, 6.45) is 15.0. The molecule has 2 bridgehead atoms. The Kier molecular flexibility index (Phi) is 15.5. The molecule has 5 atom stereocenters. The third kappa shape index (κ3) is 10.3. The van der Waals surface area contributed by atoms with E-state index in [1.807, 2.05) is 0 Å². The van der Waals surface area contributed by atoms with Crippen LogP contribution in [-0.2, 0) is 14.3 Å². The van der Waals surface area contributed by atoms with E-state index in [-0.39, 0.29) is 22.8 Å². The highest BCUT2D eigenvalue weighted by Crippen LogP contribution is 2.39. The van der Waals surface area contributed by atoms with Crippen molar-refractivity contribution in [3.05, 3.63) is 47.7 Å². The summed E-state index contributed by atoms with van der Waals surface area (Å²) in [5.74, 6) is 2.79. The zero-order valence-electron chi connectivity index (χ0n) is 33.4. The molecule has 57 heavy (non-hydrogen) atoms. The van der Waals surface area contributed by atoms with Gasteiger partial charge in [0.25, 0.3) is 6.47 Å². The lowest BCUT2D eigenvalue weighted by atomic mass is 9.95. The summed E-state index contributed by atoms with van der Waals surface area (Å²) in [5.41, 5.74) is 0.405. The maximum Gasteiger partial charge on any atom is 0.318 e. The smallest absolute Gasteiger partial charge is 0.318 e. The largest absolute Gasteiger partial charge is 0.497 e. The van der Waals surface area contributed by atoms with Crippen LogP contribution in [0.3, 0.4) is 0 Å². The van der Waals surface area contributed by atoms with Crippen molar-refractivity contribution in [2.75, 3.05) is 51.9 Å². The number of methoxy groups -OCH3 is 2. The molecule has 2 aromatic carbocycles. The number of halogens is 3. The molecule has 0 amide bonds. The summed E-state index contributed by atoms with van der Waals surface area (Å²) in [7, 11) is 2.95. The first kappa shape index (κ1) is 43.1. The molecule has 4 aromatic rings. The van der Waals surface area contributed by atoms with Gasteiger partial charge in [-0.05, 0) is 75.1 Å². The van der Waals surface area contributed by atoms with Crippen molar-refractivity contribution in [1.82, 2.24) is 25.2 Å². The Balaban J connectivity index is 0.000000240. The van der Waals surface area contributed by atoms with Gasteiger partial charge in [-0.1, -0.05) is 32.3 Å². The van der Waals surface area contributed by atoms with E-state index in [0.717, 1.165) is 58.0 Å². The van der Waals surface area contributed by atoms with Crippen molar-refractivity contribution in [2.45, 2.75) is 90.0 Å². The number of nitrogens with one attached hydrogen (secondary N) is 1. The summed E-state index contributed by atoms with van der Waals surface area (Å²) < 4.78 is 58.4. The summed E-state index contributed by atoms with van der Waals surface area (Å²) >= 11 is 0. The van der Waals surface area contributed by atoms with E-state index < -0.39 is 17.8 Å². The minimum absolute atomic E-state index is 0.0133. The number of pyridine rings is 1. The van der Waals surface area contributed by atoms with E-state index in [4.69, 9.17) is 15.9 Å². The molecular weight excluding hydrogens is 738 g/mol. The molecule has 4 fully saturated rings. The van der Waals surface area contributed by atoms with Crippen LogP contribution >= 0.6 is 0 Å². The highest BCUT2D eigenvalue weighted by atomic mass is 19.1. The van der Waals surface area contributed by atoms with Crippen LogP contribution in [0.5, 0.6) is 11.8 Å². The highest BCUT2D eigenvalue weighted by molar-refractivity contribution is 6.03. The Morgan fingerprint density at radius 1 is 1.05 bits per heavy atom. The predicted molar refractivity (Wildman–Crippen MR) is 215 cm³/mol. The maximum absolute atomic E-state index is 16.3. The normalized spacial score (nSPS) is 21.1. The molecule has 14 heteroatoms. The van der Waals surface area contributed by atoms with Crippen LogP contribution < -0.4 is 19.7 Å². The van der Waals surface area contributed by atoms with Gasteiger partial charge in [-0.3, -0.25) is 14.7 Å². The fourth-order valence-corrected chi connectivity index (χ4v) is 7.80. The second-order valence-electron chi connectivity index (χ2n) is 14.7. The second kappa shape index (κ2) is 20.4. The van der Waals surface area contributed by atoms with Gasteiger partial charge in [0.15, 0.2) is 5.82 Å². The number of terminal acetylenes is 1. The van der Waals surface area contributed by atoms with Crippen molar-refractivity contribution in [1.29, 1.82) is 0 Å². The van der Waals surface area contributed by atoms with Crippen LogP contribution in [0.1, 0.15) is 71.3 Å². The molecule has 4 saturated heterocycles.